The van der Waals surface area contributed by atoms with E-state index in [1.54, 1.807) is 12.1 Å². The highest BCUT2D eigenvalue weighted by Crippen LogP contribution is 2.33. The molecule has 0 saturated carbocycles. The van der Waals surface area contributed by atoms with Crippen molar-refractivity contribution in [2.24, 2.45) is 5.92 Å². The van der Waals surface area contributed by atoms with Crippen LogP contribution in [0.4, 0.5) is 4.39 Å². The Labute approximate surface area is 158 Å². The maximum Gasteiger partial charge on any atom is 0.308 e. The molecule has 2 aromatic carbocycles. The predicted molar refractivity (Wildman–Crippen MR) is 99.8 cm³/mol. The van der Waals surface area contributed by atoms with Crippen molar-refractivity contribution in [3.05, 3.63) is 59.9 Å². The van der Waals surface area contributed by atoms with E-state index in [4.69, 9.17) is 9.47 Å². The summed E-state index contributed by atoms with van der Waals surface area (Å²) in [6.45, 7) is 4.59. The fourth-order valence-electron chi connectivity index (χ4n) is 3.49. The van der Waals surface area contributed by atoms with E-state index in [0.717, 1.165) is 5.56 Å². The molecule has 144 valence electrons. The number of carbonyl (C=O) groups is 1. The van der Waals surface area contributed by atoms with Gasteiger partial charge < -0.3 is 14.6 Å². The molecular weight excluding hydrogens is 349 g/mol. The summed E-state index contributed by atoms with van der Waals surface area (Å²) < 4.78 is 24.6. The number of nitrogens with zero attached hydrogens (tertiary/aromatic N) is 1. The Balaban J connectivity index is 1.60. The number of halogens is 1. The third kappa shape index (κ3) is 4.77. The van der Waals surface area contributed by atoms with E-state index in [0.29, 0.717) is 44.3 Å². The second-order valence-corrected chi connectivity index (χ2v) is 6.59. The van der Waals surface area contributed by atoms with Gasteiger partial charge in [-0.25, -0.2) is 4.39 Å². The monoisotopic (exact) mass is 373 g/mol. The zero-order valence-corrected chi connectivity index (χ0v) is 15.3. The lowest BCUT2D eigenvalue weighted by atomic mass is 9.89. The molecule has 0 bridgehead atoms. The van der Waals surface area contributed by atoms with Gasteiger partial charge in [0, 0.05) is 25.6 Å². The van der Waals surface area contributed by atoms with Crippen molar-refractivity contribution in [3.8, 4) is 11.5 Å². The summed E-state index contributed by atoms with van der Waals surface area (Å²) >= 11 is 0. The van der Waals surface area contributed by atoms with Crippen LogP contribution in [0.5, 0.6) is 11.5 Å². The third-order valence-corrected chi connectivity index (χ3v) is 4.82. The molecule has 0 radical (unpaired) electrons. The van der Waals surface area contributed by atoms with Crippen molar-refractivity contribution < 1.29 is 23.8 Å². The normalized spacial score (nSPS) is 19.8. The van der Waals surface area contributed by atoms with Gasteiger partial charge in [-0.15, -0.1) is 0 Å². The molecule has 0 aromatic heterocycles. The first kappa shape index (κ1) is 19.2. The molecule has 3 rings (SSSR count). The van der Waals surface area contributed by atoms with Gasteiger partial charge in [0.2, 0.25) is 0 Å². The van der Waals surface area contributed by atoms with Crippen molar-refractivity contribution in [2.45, 2.75) is 12.8 Å². The quantitative estimate of drug-likeness (QED) is 0.769. The summed E-state index contributed by atoms with van der Waals surface area (Å²) in [5.41, 5.74) is 0.855. The molecule has 27 heavy (non-hydrogen) atoms. The first-order valence-corrected chi connectivity index (χ1v) is 9.13. The Kier molecular flexibility index (Phi) is 6.29. The van der Waals surface area contributed by atoms with Gasteiger partial charge in [0.05, 0.1) is 12.5 Å². The molecule has 1 saturated heterocycles. The molecule has 0 unspecified atom stereocenters. The van der Waals surface area contributed by atoms with Gasteiger partial charge in [-0.1, -0.05) is 24.3 Å². The summed E-state index contributed by atoms with van der Waals surface area (Å²) in [7, 11) is 0. The molecule has 0 aliphatic carbocycles. The standard InChI is InChI=1S/C21H24FNO4/c1-2-26-19-5-3-4-6-20(19)27-12-11-23-13-17(18(14-23)21(24)25)15-7-9-16(22)10-8-15/h3-10,17-18H,2,11-14H2,1H3,(H,24,25)/t17-,18+/m0/s1. The van der Waals surface area contributed by atoms with Crippen molar-refractivity contribution in [2.75, 3.05) is 32.8 Å². The molecule has 6 heteroatoms. The summed E-state index contributed by atoms with van der Waals surface area (Å²) in [5, 5.41) is 9.57. The third-order valence-electron chi connectivity index (χ3n) is 4.82. The second kappa shape index (κ2) is 8.86. The van der Waals surface area contributed by atoms with Crippen LogP contribution in [0.25, 0.3) is 0 Å². The van der Waals surface area contributed by atoms with E-state index in [9.17, 15) is 14.3 Å². The Morgan fingerprint density at radius 3 is 2.41 bits per heavy atom. The number of benzene rings is 2. The minimum absolute atomic E-state index is 0.154. The maximum absolute atomic E-state index is 13.2. The van der Waals surface area contributed by atoms with Gasteiger partial charge in [-0.2, -0.15) is 0 Å². The largest absolute Gasteiger partial charge is 0.490 e. The number of carboxylic acid groups (broad SMARTS) is 1. The average Bonchev–Trinajstić information content (AvgIpc) is 3.08. The number of carboxylic acids is 1. The molecule has 0 spiro atoms. The Hall–Kier alpha value is -2.60. The van der Waals surface area contributed by atoms with Gasteiger partial charge in [0.15, 0.2) is 11.5 Å². The van der Waals surface area contributed by atoms with Crippen LogP contribution in [-0.2, 0) is 4.79 Å². The number of para-hydroxylation sites is 2. The van der Waals surface area contributed by atoms with Crippen LogP contribution in [0.1, 0.15) is 18.4 Å². The number of hydrogen-bond donors (Lipinski definition) is 1. The number of ether oxygens (including phenoxy) is 2. The predicted octanol–water partition coefficient (Wildman–Crippen LogP) is 3.40. The van der Waals surface area contributed by atoms with Crippen molar-refractivity contribution >= 4 is 5.97 Å². The van der Waals surface area contributed by atoms with E-state index in [2.05, 4.69) is 4.90 Å². The topological polar surface area (TPSA) is 59.0 Å². The first-order valence-electron chi connectivity index (χ1n) is 9.13. The minimum atomic E-state index is -0.825. The van der Waals surface area contributed by atoms with Crippen LogP contribution in [0, 0.1) is 11.7 Å². The minimum Gasteiger partial charge on any atom is -0.490 e. The molecule has 1 N–H and O–H groups in total. The smallest absolute Gasteiger partial charge is 0.308 e. The Morgan fingerprint density at radius 2 is 1.78 bits per heavy atom. The van der Waals surface area contributed by atoms with E-state index < -0.39 is 11.9 Å². The number of likely N-dealkylation sites (tertiary alicyclic amines) is 1. The molecule has 2 aromatic rings. The fourth-order valence-corrected chi connectivity index (χ4v) is 3.49. The SMILES string of the molecule is CCOc1ccccc1OCCN1C[C@@H](C(=O)O)[C@H](c2ccc(F)cc2)C1. The average molecular weight is 373 g/mol. The lowest BCUT2D eigenvalue weighted by Crippen LogP contribution is -2.27. The van der Waals surface area contributed by atoms with Crippen molar-refractivity contribution in [1.82, 2.24) is 4.90 Å². The summed E-state index contributed by atoms with van der Waals surface area (Å²) in [6, 6.07) is 13.6. The highest BCUT2D eigenvalue weighted by molar-refractivity contribution is 5.72. The first-order chi connectivity index (χ1) is 13.1. The van der Waals surface area contributed by atoms with E-state index in [1.165, 1.54) is 12.1 Å². The zero-order valence-electron chi connectivity index (χ0n) is 15.3. The van der Waals surface area contributed by atoms with E-state index in [-0.39, 0.29) is 11.7 Å². The number of rotatable bonds is 8. The molecule has 1 aliphatic rings. The van der Waals surface area contributed by atoms with Crippen LogP contribution in [0.3, 0.4) is 0 Å². The van der Waals surface area contributed by atoms with Crippen LogP contribution in [0.2, 0.25) is 0 Å². The molecule has 1 aliphatic heterocycles. The van der Waals surface area contributed by atoms with Gasteiger partial charge in [0.25, 0.3) is 0 Å². The van der Waals surface area contributed by atoms with Gasteiger partial charge in [-0.3, -0.25) is 9.69 Å². The highest BCUT2D eigenvalue weighted by atomic mass is 19.1. The molecule has 5 nitrogen and oxygen atoms in total. The van der Waals surface area contributed by atoms with Gasteiger partial charge >= 0.3 is 5.97 Å². The second-order valence-electron chi connectivity index (χ2n) is 6.59. The molecule has 2 atom stereocenters. The van der Waals surface area contributed by atoms with Gasteiger partial charge in [-0.05, 0) is 36.8 Å². The Bertz CT molecular complexity index is 765. The van der Waals surface area contributed by atoms with E-state index in [1.807, 2.05) is 31.2 Å². The molecule has 1 heterocycles. The number of aliphatic carboxylic acids is 1. The van der Waals surface area contributed by atoms with Crippen LogP contribution < -0.4 is 9.47 Å². The van der Waals surface area contributed by atoms with Crippen molar-refractivity contribution in [3.63, 3.8) is 0 Å². The van der Waals surface area contributed by atoms with Crippen LogP contribution >= 0.6 is 0 Å². The van der Waals surface area contributed by atoms with Crippen LogP contribution in [-0.4, -0.2) is 48.8 Å². The molecular formula is C21H24FNO4. The van der Waals surface area contributed by atoms with E-state index >= 15 is 0 Å². The molecule has 0 amide bonds. The van der Waals surface area contributed by atoms with Crippen molar-refractivity contribution in [1.29, 1.82) is 0 Å². The molecule has 1 fully saturated rings. The maximum atomic E-state index is 13.2. The van der Waals surface area contributed by atoms with Gasteiger partial charge in [0.1, 0.15) is 12.4 Å². The summed E-state index contributed by atoms with van der Waals surface area (Å²) in [6.07, 6.45) is 0. The number of hydrogen-bond acceptors (Lipinski definition) is 4. The Morgan fingerprint density at radius 1 is 1.11 bits per heavy atom. The summed E-state index contributed by atoms with van der Waals surface area (Å²) in [5.74, 6) is -0.418. The van der Waals surface area contributed by atoms with Crippen LogP contribution in [0.15, 0.2) is 48.5 Å². The summed E-state index contributed by atoms with van der Waals surface area (Å²) in [4.78, 5) is 13.7. The highest BCUT2D eigenvalue weighted by Gasteiger charge is 2.38. The lowest BCUT2D eigenvalue weighted by Gasteiger charge is -2.17. The zero-order chi connectivity index (χ0) is 19.2. The fraction of sp³-hybridized carbons (Fsp3) is 0.381. The lowest BCUT2D eigenvalue weighted by molar-refractivity contribution is -0.141.